The number of rotatable bonds is 5. The maximum Gasteiger partial charge on any atom is 0.573 e. The topological polar surface area (TPSA) is 67.3 Å². The first kappa shape index (κ1) is 22.5. The monoisotopic (exact) mass is 460 g/mol. The van der Waals surface area contributed by atoms with Gasteiger partial charge in [-0.05, 0) is 49.2 Å². The normalized spacial score (nSPS) is 14.7. The van der Waals surface area contributed by atoms with Crippen molar-refractivity contribution in [3.8, 4) is 5.75 Å². The molecule has 0 bridgehead atoms. The van der Waals surface area contributed by atoms with E-state index in [-0.39, 0.29) is 23.3 Å². The Hall–Kier alpha value is -3.69. The van der Waals surface area contributed by atoms with Crippen molar-refractivity contribution >= 4 is 17.5 Å². The molecule has 0 aliphatic carbocycles. The van der Waals surface area contributed by atoms with Crippen molar-refractivity contribution < 1.29 is 27.1 Å². The number of para-hydroxylation sites is 1. The number of piperidine rings is 1. The number of hydrogen-bond acceptors (Lipinski definition) is 5. The highest BCUT2D eigenvalue weighted by molar-refractivity contribution is 5.94. The summed E-state index contributed by atoms with van der Waals surface area (Å²) in [7, 11) is 0. The maximum absolute atomic E-state index is 14.4. The van der Waals surface area contributed by atoms with Crippen molar-refractivity contribution in [1.82, 2.24) is 14.9 Å². The van der Waals surface area contributed by atoms with E-state index in [1.165, 1.54) is 12.1 Å². The molecule has 1 saturated heterocycles. The molecule has 1 aliphatic rings. The van der Waals surface area contributed by atoms with Gasteiger partial charge in [0.25, 0.3) is 5.91 Å². The van der Waals surface area contributed by atoms with Gasteiger partial charge in [0, 0.05) is 30.3 Å². The fourth-order valence-corrected chi connectivity index (χ4v) is 3.72. The SMILES string of the molecule is O=C(c1ccc(OC(F)(F)F)cc1)N1CCC(c2nc(Nc3ccccc3)ncc2F)CC1. The highest BCUT2D eigenvalue weighted by atomic mass is 19.4. The fourth-order valence-electron chi connectivity index (χ4n) is 3.72. The van der Waals surface area contributed by atoms with Crippen LogP contribution >= 0.6 is 0 Å². The number of halogens is 4. The van der Waals surface area contributed by atoms with Gasteiger partial charge in [-0.1, -0.05) is 18.2 Å². The molecule has 1 fully saturated rings. The molecule has 3 aromatic rings. The van der Waals surface area contributed by atoms with Crippen LogP contribution in [0.4, 0.5) is 29.2 Å². The molecule has 0 saturated carbocycles. The van der Waals surface area contributed by atoms with E-state index in [9.17, 15) is 22.4 Å². The lowest BCUT2D eigenvalue weighted by Gasteiger charge is -2.32. The van der Waals surface area contributed by atoms with Gasteiger partial charge >= 0.3 is 6.36 Å². The Bertz CT molecular complexity index is 1100. The zero-order valence-corrected chi connectivity index (χ0v) is 17.3. The van der Waals surface area contributed by atoms with E-state index in [4.69, 9.17) is 0 Å². The third-order valence-electron chi connectivity index (χ3n) is 5.30. The maximum atomic E-state index is 14.4. The highest BCUT2D eigenvalue weighted by Gasteiger charge is 2.31. The number of benzene rings is 2. The van der Waals surface area contributed by atoms with Crippen LogP contribution in [0.15, 0.2) is 60.8 Å². The van der Waals surface area contributed by atoms with Gasteiger partial charge in [-0.25, -0.2) is 14.4 Å². The van der Waals surface area contributed by atoms with Gasteiger partial charge in [-0.3, -0.25) is 4.79 Å². The third-order valence-corrected chi connectivity index (χ3v) is 5.30. The molecule has 4 rings (SSSR count). The van der Waals surface area contributed by atoms with Gasteiger partial charge < -0.3 is 15.0 Å². The second kappa shape index (κ2) is 9.43. The lowest BCUT2D eigenvalue weighted by molar-refractivity contribution is -0.274. The zero-order chi connectivity index (χ0) is 23.4. The molecular formula is C23H20F4N4O2. The number of anilines is 2. The molecular weight excluding hydrogens is 440 g/mol. The van der Waals surface area contributed by atoms with Crippen LogP contribution in [-0.2, 0) is 0 Å². The average Bonchev–Trinajstić information content (AvgIpc) is 2.80. The van der Waals surface area contributed by atoms with E-state index in [0.29, 0.717) is 31.6 Å². The predicted octanol–water partition coefficient (Wildman–Crippen LogP) is 5.28. The fraction of sp³-hybridized carbons (Fsp3) is 0.261. The minimum Gasteiger partial charge on any atom is -0.406 e. The Kier molecular flexibility index (Phi) is 6.43. The number of nitrogens with one attached hydrogen (secondary N) is 1. The van der Waals surface area contributed by atoms with Crippen molar-refractivity contribution in [3.63, 3.8) is 0 Å². The van der Waals surface area contributed by atoms with Crippen molar-refractivity contribution in [2.75, 3.05) is 18.4 Å². The number of likely N-dealkylation sites (tertiary alicyclic amines) is 1. The van der Waals surface area contributed by atoms with Gasteiger partial charge in [0.05, 0.1) is 11.9 Å². The predicted molar refractivity (Wildman–Crippen MR) is 113 cm³/mol. The van der Waals surface area contributed by atoms with E-state index in [1.807, 2.05) is 30.3 Å². The molecule has 6 nitrogen and oxygen atoms in total. The lowest BCUT2D eigenvalue weighted by atomic mass is 9.92. The number of nitrogens with zero attached hydrogens (tertiary/aromatic N) is 3. The number of carbonyl (C=O) groups is 1. The minimum atomic E-state index is -4.79. The summed E-state index contributed by atoms with van der Waals surface area (Å²) in [5.41, 5.74) is 1.33. The summed E-state index contributed by atoms with van der Waals surface area (Å²) in [5.74, 6) is -1.09. The Morgan fingerprint density at radius 1 is 1.03 bits per heavy atom. The molecule has 2 aromatic carbocycles. The summed E-state index contributed by atoms with van der Waals surface area (Å²) in [6, 6.07) is 14.1. The molecule has 1 aromatic heterocycles. The van der Waals surface area contributed by atoms with Gasteiger partial charge in [-0.2, -0.15) is 0 Å². The first-order valence-corrected chi connectivity index (χ1v) is 10.3. The summed E-state index contributed by atoms with van der Waals surface area (Å²) in [6.45, 7) is 0.740. The summed E-state index contributed by atoms with van der Waals surface area (Å²) < 4.78 is 55.1. The largest absolute Gasteiger partial charge is 0.573 e. The molecule has 0 atom stereocenters. The van der Waals surface area contributed by atoms with E-state index < -0.39 is 17.9 Å². The van der Waals surface area contributed by atoms with Crippen LogP contribution in [0.3, 0.4) is 0 Å². The van der Waals surface area contributed by atoms with E-state index >= 15 is 0 Å². The van der Waals surface area contributed by atoms with Crippen LogP contribution in [0.5, 0.6) is 5.75 Å². The molecule has 33 heavy (non-hydrogen) atoms. The molecule has 0 radical (unpaired) electrons. The van der Waals surface area contributed by atoms with E-state index in [0.717, 1.165) is 24.0 Å². The van der Waals surface area contributed by atoms with E-state index in [2.05, 4.69) is 20.0 Å². The van der Waals surface area contributed by atoms with Crippen LogP contribution in [0.2, 0.25) is 0 Å². The van der Waals surface area contributed by atoms with Gasteiger partial charge in [0.1, 0.15) is 5.75 Å². The Morgan fingerprint density at radius 3 is 2.33 bits per heavy atom. The molecule has 1 aliphatic heterocycles. The van der Waals surface area contributed by atoms with Crippen molar-refractivity contribution in [2.24, 2.45) is 0 Å². The second-order valence-electron chi connectivity index (χ2n) is 7.56. The van der Waals surface area contributed by atoms with Crippen molar-refractivity contribution in [1.29, 1.82) is 0 Å². The molecule has 1 amide bonds. The average molecular weight is 460 g/mol. The molecule has 2 heterocycles. The minimum absolute atomic E-state index is 0.184. The third kappa shape index (κ3) is 5.76. The van der Waals surface area contributed by atoms with Crippen LogP contribution in [0.1, 0.15) is 34.8 Å². The Labute approximate surface area is 187 Å². The smallest absolute Gasteiger partial charge is 0.406 e. The van der Waals surface area contributed by atoms with Crippen LogP contribution in [0, 0.1) is 5.82 Å². The summed E-state index contributed by atoms with van der Waals surface area (Å²) >= 11 is 0. The molecule has 1 N–H and O–H groups in total. The molecule has 0 spiro atoms. The number of carbonyl (C=O) groups excluding carboxylic acids is 1. The molecule has 172 valence electrons. The zero-order valence-electron chi connectivity index (χ0n) is 17.3. The summed E-state index contributed by atoms with van der Waals surface area (Å²) in [6.07, 6.45) is -2.66. The van der Waals surface area contributed by atoms with Gasteiger partial charge in [-0.15, -0.1) is 13.2 Å². The van der Waals surface area contributed by atoms with Crippen molar-refractivity contribution in [2.45, 2.75) is 25.1 Å². The van der Waals surface area contributed by atoms with Crippen LogP contribution in [0.25, 0.3) is 0 Å². The van der Waals surface area contributed by atoms with Crippen LogP contribution in [-0.4, -0.2) is 40.2 Å². The Balaban J connectivity index is 1.38. The first-order chi connectivity index (χ1) is 15.8. The summed E-state index contributed by atoms with van der Waals surface area (Å²) in [5, 5.41) is 3.04. The number of aromatic nitrogens is 2. The summed E-state index contributed by atoms with van der Waals surface area (Å²) in [4.78, 5) is 22.7. The Morgan fingerprint density at radius 2 is 1.70 bits per heavy atom. The number of hydrogen-bond donors (Lipinski definition) is 1. The van der Waals surface area contributed by atoms with Gasteiger partial charge in [0.15, 0.2) is 5.82 Å². The first-order valence-electron chi connectivity index (χ1n) is 10.3. The van der Waals surface area contributed by atoms with Crippen LogP contribution < -0.4 is 10.1 Å². The quantitative estimate of drug-likeness (QED) is 0.525. The number of alkyl halides is 3. The number of amides is 1. The standard InChI is InChI=1S/C23H20F4N4O2/c24-19-14-28-22(29-17-4-2-1-3-5-17)30-20(19)15-10-12-31(13-11-15)21(32)16-6-8-18(9-7-16)33-23(25,26)27/h1-9,14-15H,10-13H2,(H,28,29,30). The highest BCUT2D eigenvalue weighted by Crippen LogP contribution is 2.30. The number of ether oxygens (including phenoxy) is 1. The van der Waals surface area contributed by atoms with E-state index in [1.54, 1.807) is 4.90 Å². The lowest BCUT2D eigenvalue weighted by Crippen LogP contribution is -2.38. The second-order valence-corrected chi connectivity index (χ2v) is 7.56. The molecule has 0 unspecified atom stereocenters. The van der Waals surface area contributed by atoms with Crippen molar-refractivity contribution in [3.05, 3.63) is 77.9 Å². The van der Waals surface area contributed by atoms with Gasteiger partial charge in [0.2, 0.25) is 5.95 Å². The molecule has 10 heteroatoms.